The van der Waals surface area contributed by atoms with Crippen molar-refractivity contribution < 1.29 is 14.3 Å². The van der Waals surface area contributed by atoms with Gasteiger partial charge in [-0.15, -0.1) is 0 Å². The van der Waals surface area contributed by atoms with Crippen LogP contribution in [0.4, 0.5) is 0 Å². The summed E-state index contributed by atoms with van der Waals surface area (Å²) in [6, 6.07) is 0.221. The molecule has 5 heteroatoms. The number of rotatable bonds is 2. The Morgan fingerprint density at radius 1 is 1.53 bits per heavy atom. The lowest BCUT2D eigenvalue weighted by molar-refractivity contribution is 0.0585. The minimum Gasteiger partial charge on any atom is -0.464 e. The van der Waals surface area contributed by atoms with Gasteiger partial charge in [0, 0.05) is 11.6 Å². The molecule has 82 valence electrons. The third-order valence-electron chi connectivity index (χ3n) is 2.47. The summed E-state index contributed by atoms with van der Waals surface area (Å²) in [5.74, 6) is -0.392. The lowest BCUT2D eigenvalue weighted by Gasteiger charge is -2.08. The number of nitrogens with zero attached hydrogens (tertiary/aromatic N) is 2. The first-order valence-corrected chi connectivity index (χ1v) is 4.91. The van der Waals surface area contributed by atoms with Gasteiger partial charge in [-0.05, 0) is 13.8 Å². The molecule has 0 fully saturated rings. The number of methoxy groups -OCH3 is 1. The van der Waals surface area contributed by atoms with Crippen molar-refractivity contribution in [2.75, 3.05) is 7.11 Å². The van der Waals surface area contributed by atoms with Crippen LogP contribution in [0.2, 0.25) is 0 Å². The van der Waals surface area contributed by atoms with Gasteiger partial charge >= 0.3 is 5.97 Å². The highest BCUT2D eigenvalue weighted by atomic mass is 16.5. The van der Waals surface area contributed by atoms with Crippen LogP contribution >= 0.6 is 0 Å². The zero-order chi connectivity index (χ0) is 11.0. The van der Waals surface area contributed by atoms with Crippen molar-refractivity contribution in [2.24, 2.45) is 0 Å². The largest absolute Gasteiger partial charge is 0.464 e. The number of carbonyl (C=O) groups is 1. The Hall–Kier alpha value is -1.36. The van der Waals surface area contributed by atoms with Crippen molar-refractivity contribution in [3.63, 3.8) is 0 Å². The fraction of sp³-hybridized carbons (Fsp3) is 0.600. The van der Waals surface area contributed by atoms with E-state index in [0.29, 0.717) is 18.9 Å². The highest BCUT2D eigenvalue weighted by Crippen LogP contribution is 2.26. The van der Waals surface area contributed by atoms with E-state index in [1.54, 1.807) is 0 Å². The summed E-state index contributed by atoms with van der Waals surface area (Å²) in [4.78, 5) is 11.5. The molecule has 1 aromatic rings. The standard InChI is InChI=1S/C10H14N2O3/c1-6(2)12-8-5-15-4-7(8)9(11-12)10(13)14-3/h6H,4-5H2,1-3H3. The Morgan fingerprint density at radius 3 is 2.87 bits per heavy atom. The topological polar surface area (TPSA) is 53.3 Å². The van der Waals surface area contributed by atoms with Gasteiger partial charge in [0.25, 0.3) is 0 Å². The van der Waals surface area contributed by atoms with Gasteiger partial charge in [0.15, 0.2) is 5.69 Å². The van der Waals surface area contributed by atoms with E-state index in [-0.39, 0.29) is 6.04 Å². The number of ether oxygens (including phenoxy) is 2. The SMILES string of the molecule is COC(=O)c1nn(C(C)C)c2c1COC2. The molecule has 0 aliphatic carbocycles. The third-order valence-corrected chi connectivity index (χ3v) is 2.47. The second kappa shape index (κ2) is 3.66. The normalized spacial score (nSPS) is 14.4. The van der Waals surface area contributed by atoms with E-state index in [4.69, 9.17) is 4.74 Å². The van der Waals surface area contributed by atoms with Crippen molar-refractivity contribution in [2.45, 2.75) is 33.1 Å². The molecule has 0 saturated carbocycles. The molecule has 5 nitrogen and oxygen atoms in total. The molecule has 0 amide bonds. The maximum Gasteiger partial charge on any atom is 0.358 e. The van der Waals surface area contributed by atoms with E-state index < -0.39 is 5.97 Å². The molecule has 15 heavy (non-hydrogen) atoms. The molecule has 1 aromatic heterocycles. The zero-order valence-corrected chi connectivity index (χ0v) is 9.11. The Labute approximate surface area is 88.0 Å². The number of aromatic nitrogens is 2. The summed E-state index contributed by atoms with van der Waals surface area (Å²) in [7, 11) is 1.36. The molecule has 1 aliphatic rings. The average Bonchev–Trinajstić information content (AvgIpc) is 2.75. The maximum atomic E-state index is 11.5. The number of fused-ring (bicyclic) bond motifs is 1. The van der Waals surface area contributed by atoms with Gasteiger partial charge in [0.2, 0.25) is 0 Å². The van der Waals surface area contributed by atoms with Crippen LogP contribution in [0.25, 0.3) is 0 Å². The number of esters is 1. The smallest absolute Gasteiger partial charge is 0.358 e. The summed E-state index contributed by atoms with van der Waals surface area (Å²) in [5.41, 5.74) is 2.25. The van der Waals surface area contributed by atoms with Gasteiger partial charge in [0.1, 0.15) is 0 Å². The van der Waals surface area contributed by atoms with Crippen LogP contribution in [0, 0.1) is 0 Å². The zero-order valence-electron chi connectivity index (χ0n) is 9.11. The van der Waals surface area contributed by atoms with Gasteiger partial charge in [-0.1, -0.05) is 0 Å². The first-order chi connectivity index (χ1) is 7.15. The predicted octanol–water partition coefficient (Wildman–Crippen LogP) is 1.28. The second-order valence-corrected chi connectivity index (χ2v) is 3.80. The number of hydrogen-bond donors (Lipinski definition) is 0. The predicted molar refractivity (Wildman–Crippen MR) is 52.4 cm³/mol. The molecule has 2 heterocycles. The summed E-state index contributed by atoms with van der Waals surface area (Å²) in [5, 5.41) is 4.26. The molecule has 0 saturated heterocycles. The molecule has 0 atom stereocenters. The van der Waals surface area contributed by atoms with Crippen molar-refractivity contribution in [3.05, 3.63) is 17.0 Å². The Morgan fingerprint density at radius 2 is 2.27 bits per heavy atom. The van der Waals surface area contributed by atoms with Crippen molar-refractivity contribution in [1.29, 1.82) is 0 Å². The van der Waals surface area contributed by atoms with E-state index in [0.717, 1.165) is 11.3 Å². The lowest BCUT2D eigenvalue weighted by atomic mass is 10.2. The van der Waals surface area contributed by atoms with Crippen LogP contribution in [0.3, 0.4) is 0 Å². The second-order valence-electron chi connectivity index (χ2n) is 3.80. The molecule has 0 aromatic carbocycles. The highest BCUT2D eigenvalue weighted by Gasteiger charge is 2.28. The molecular weight excluding hydrogens is 196 g/mol. The van der Waals surface area contributed by atoms with Gasteiger partial charge in [-0.2, -0.15) is 5.10 Å². The van der Waals surface area contributed by atoms with Crippen LogP contribution in [0.15, 0.2) is 0 Å². The van der Waals surface area contributed by atoms with E-state index in [9.17, 15) is 4.79 Å². The van der Waals surface area contributed by atoms with E-state index in [1.807, 2.05) is 18.5 Å². The molecule has 2 rings (SSSR count). The quantitative estimate of drug-likeness (QED) is 0.690. The van der Waals surface area contributed by atoms with Crippen molar-refractivity contribution in [3.8, 4) is 0 Å². The maximum absolute atomic E-state index is 11.5. The van der Waals surface area contributed by atoms with Crippen molar-refractivity contribution >= 4 is 5.97 Å². The molecule has 0 N–H and O–H groups in total. The van der Waals surface area contributed by atoms with Crippen molar-refractivity contribution in [1.82, 2.24) is 9.78 Å². The summed E-state index contributed by atoms with van der Waals surface area (Å²) >= 11 is 0. The fourth-order valence-electron chi connectivity index (χ4n) is 1.75. The fourth-order valence-corrected chi connectivity index (χ4v) is 1.75. The molecular formula is C10H14N2O3. The van der Waals surface area contributed by atoms with Gasteiger partial charge in [0.05, 0.1) is 26.0 Å². The molecule has 0 unspecified atom stereocenters. The minimum absolute atomic E-state index is 0.221. The monoisotopic (exact) mass is 210 g/mol. The average molecular weight is 210 g/mol. The Kier molecular flexibility index (Phi) is 2.48. The minimum atomic E-state index is -0.392. The lowest BCUT2D eigenvalue weighted by Crippen LogP contribution is -2.09. The molecule has 0 radical (unpaired) electrons. The van der Waals surface area contributed by atoms with E-state index in [1.165, 1.54) is 7.11 Å². The summed E-state index contributed by atoms with van der Waals surface area (Å²) in [6.45, 7) is 5.02. The van der Waals surface area contributed by atoms with Gasteiger partial charge in [-0.25, -0.2) is 4.79 Å². The van der Waals surface area contributed by atoms with Crippen LogP contribution < -0.4 is 0 Å². The van der Waals surface area contributed by atoms with Gasteiger partial charge < -0.3 is 9.47 Å². The first kappa shape index (κ1) is 10.2. The van der Waals surface area contributed by atoms with Crippen LogP contribution in [-0.2, 0) is 22.7 Å². The Bertz CT molecular complexity index is 396. The molecule has 1 aliphatic heterocycles. The van der Waals surface area contributed by atoms with Crippen LogP contribution in [-0.4, -0.2) is 22.9 Å². The first-order valence-electron chi connectivity index (χ1n) is 4.91. The molecule has 0 bridgehead atoms. The number of hydrogen-bond acceptors (Lipinski definition) is 4. The highest BCUT2D eigenvalue weighted by molar-refractivity contribution is 5.89. The van der Waals surface area contributed by atoms with Gasteiger partial charge in [-0.3, -0.25) is 4.68 Å². The summed E-state index contributed by atoms with van der Waals surface area (Å²) < 4.78 is 11.8. The van der Waals surface area contributed by atoms with E-state index >= 15 is 0 Å². The summed E-state index contributed by atoms with van der Waals surface area (Å²) in [6.07, 6.45) is 0. The van der Waals surface area contributed by atoms with Crippen LogP contribution in [0.5, 0.6) is 0 Å². The third kappa shape index (κ3) is 1.52. The molecule has 0 spiro atoms. The van der Waals surface area contributed by atoms with Crippen LogP contribution in [0.1, 0.15) is 41.6 Å². The number of carbonyl (C=O) groups excluding carboxylic acids is 1. The Balaban J connectivity index is 2.49. The van der Waals surface area contributed by atoms with E-state index in [2.05, 4.69) is 9.84 Å².